The van der Waals surface area contributed by atoms with Crippen LogP contribution in [0.5, 0.6) is 0 Å². The average molecular weight is 561 g/mol. The number of aliphatic hydroxyl groups excluding tert-OH is 1. The molecular formula is C28H31F3N4O3S. The number of benzene rings is 2. The average Bonchev–Trinajstić information content (AvgIpc) is 2.91. The fourth-order valence-electron chi connectivity index (χ4n) is 3.59. The molecule has 0 saturated heterocycles. The molecule has 0 saturated carbocycles. The van der Waals surface area contributed by atoms with Crippen molar-refractivity contribution in [3.63, 3.8) is 0 Å². The number of hydrogen-bond donors (Lipinski definition) is 1. The van der Waals surface area contributed by atoms with Crippen LogP contribution in [0.1, 0.15) is 55.9 Å². The number of aldehydes is 1. The number of alkyl halides is 2. The minimum atomic E-state index is -2.90. The van der Waals surface area contributed by atoms with Gasteiger partial charge in [0, 0.05) is 35.2 Å². The maximum atomic E-state index is 15.3. The summed E-state index contributed by atoms with van der Waals surface area (Å²) in [5.74, 6) is -0.605. The summed E-state index contributed by atoms with van der Waals surface area (Å²) in [5, 5.41) is 18.5. The minimum Gasteiger partial charge on any atom is -0.475 e. The molecule has 0 radical (unpaired) electrons. The van der Waals surface area contributed by atoms with E-state index in [0.717, 1.165) is 6.07 Å². The van der Waals surface area contributed by atoms with Gasteiger partial charge in [-0.15, -0.1) is 0 Å². The SMILES string of the molecule is C=C(CC)/N=C(/OCCO)c1cc(N(C(=S)N(C)c2ccc(C#N)c(C(F)F)c2)C(C)(C)C=O)cc(F)c1C. The van der Waals surface area contributed by atoms with Crippen molar-refractivity contribution in [2.75, 3.05) is 30.1 Å². The Balaban J connectivity index is 2.73. The first kappa shape index (κ1) is 31.5. The minimum absolute atomic E-state index is 0.000963. The smallest absolute Gasteiger partial charge is 0.265 e. The van der Waals surface area contributed by atoms with Gasteiger partial charge in [-0.1, -0.05) is 13.5 Å². The lowest BCUT2D eigenvalue weighted by atomic mass is 10.0. The van der Waals surface area contributed by atoms with Gasteiger partial charge in [-0.05, 0) is 75.3 Å². The van der Waals surface area contributed by atoms with E-state index in [1.165, 1.54) is 42.0 Å². The van der Waals surface area contributed by atoms with E-state index in [-0.39, 0.29) is 52.3 Å². The number of ether oxygens (including phenoxy) is 1. The second-order valence-electron chi connectivity index (χ2n) is 9.14. The first-order valence-corrected chi connectivity index (χ1v) is 12.4. The maximum Gasteiger partial charge on any atom is 0.265 e. The van der Waals surface area contributed by atoms with Crippen LogP contribution in [-0.4, -0.2) is 48.2 Å². The van der Waals surface area contributed by atoms with Crippen LogP contribution in [0.15, 0.2) is 47.6 Å². The molecule has 2 aromatic rings. The van der Waals surface area contributed by atoms with Gasteiger partial charge in [0.2, 0.25) is 5.90 Å². The Morgan fingerprint density at radius 1 is 1.31 bits per heavy atom. The summed E-state index contributed by atoms with van der Waals surface area (Å²) >= 11 is 5.70. The van der Waals surface area contributed by atoms with Gasteiger partial charge in [0.05, 0.1) is 23.8 Å². The number of allylic oxidation sites excluding steroid dienone is 1. The first-order chi connectivity index (χ1) is 18.3. The summed E-state index contributed by atoms with van der Waals surface area (Å²) < 4.78 is 48.1. The summed E-state index contributed by atoms with van der Waals surface area (Å²) in [6.45, 7) is 9.94. The van der Waals surface area contributed by atoms with Crippen molar-refractivity contribution >= 4 is 40.9 Å². The lowest BCUT2D eigenvalue weighted by molar-refractivity contribution is -0.111. The largest absolute Gasteiger partial charge is 0.475 e. The molecule has 0 aromatic heterocycles. The zero-order valence-electron chi connectivity index (χ0n) is 22.5. The predicted molar refractivity (Wildman–Crippen MR) is 150 cm³/mol. The van der Waals surface area contributed by atoms with Gasteiger partial charge in [0.25, 0.3) is 6.43 Å². The molecule has 0 amide bonds. The Kier molecular flexibility index (Phi) is 10.8. The Labute approximate surface area is 231 Å². The molecule has 2 rings (SSSR count). The van der Waals surface area contributed by atoms with Gasteiger partial charge < -0.3 is 24.4 Å². The molecule has 0 aliphatic heterocycles. The number of hydrogen-bond acceptors (Lipinski definition) is 6. The topological polar surface area (TPSA) is 89.2 Å². The highest BCUT2D eigenvalue weighted by atomic mass is 32.1. The van der Waals surface area contributed by atoms with Gasteiger partial charge in [-0.25, -0.2) is 18.2 Å². The van der Waals surface area contributed by atoms with Crippen LogP contribution in [0.3, 0.4) is 0 Å². The highest BCUT2D eigenvalue weighted by Gasteiger charge is 2.33. The van der Waals surface area contributed by atoms with Crippen molar-refractivity contribution in [3.8, 4) is 6.07 Å². The highest BCUT2D eigenvalue weighted by molar-refractivity contribution is 7.80. The van der Waals surface area contributed by atoms with Gasteiger partial charge in [0.1, 0.15) is 18.7 Å². The second-order valence-corrected chi connectivity index (χ2v) is 9.51. The normalized spacial score (nSPS) is 11.7. The van der Waals surface area contributed by atoms with Crippen LogP contribution < -0.4 is 9.80 Å². The summed E-state index contributed by atoms with van der Waals surface area (Å²) in [7, 11) is 1.51. The first-order valence-electron chi connectivity index (χ1n) is 12.0. The highest BCUT2D eigenvalue weighted by Crippen LogP contribution is 2.32. The Hall–Kier alpha value is -3.75. The fourth-order valence-corrected chi connectivity index (χ4v) is 4.04. The number of nitrogens with zero attached hydrogens (tertiary/aromatic N) is 4. The summed E-state index contributed by atoms with van der Waals surface area (Å²) in [6.07, 6.45) is -1.77. The molecular weight excluding hydrogens is 529 g/mol. The molecule has 0 heterocycles. The van der Waals surface area contributed by atoms with Crippen LogP contribution >= 0.6 is 12.2 Å². The zero-order chi connectivity index (χ0) is 29.5. The van der Waals surface area contributed by atoms with Crippen molar-refractivity contribution in [1.29, 1.82) is 5.26 Å². The third-order valence-corrected chi connectivity index (χ3v) is 6.39. The summed E-state index contributed by atoms with van der Waals surface area (Å²) in [6, 6.07) is 8.35. The molecule has 0 unspecified atom stereocenters. The van der Waals surface area contributed by atoms with Gasteiger partial charge >= 0.3 is 0 Å². The molecule has 7 nitrogen and oxygen atoms in total. The van der Waals surface area contributed by atoms with E-state index in [4.69, 9.17) is 17.0 Å². The van der Waals surface area contributed by atoms with Crippen molar-refractivity contribution in [2.45, 2.75) is 46.1 Å². The van der Waals surface area contributed by atoms with Crippen LogP contribution in [0.25, 0.3) is 0 Å². The number of aliphatic hydroxyl groups is 1. The number of rotatable bonds is 10. The molecule has 2 aromatic carbocycles. The van der Waals surface area contributed by atoms with Crippen molar-refractivity contribution < 1.29 is 27.8 Å². The standard InChI is InChI=1S/C28H31F3N4O3S/c1-7-17(2)33-26(38-11-10-36)22-13-21(14-24(29)18(22)3)35(28(4,5)16-37)27(39)34(6)20-9-8-19(15-32)23(12-20)25(30)31/h8-9,12-14,16,25,36H,2,7,10-11H2,1,3-6H3/b33-26+. The van der Waals surface area contributed by atoms with Gasteiger partial charge in [-0.2, -0.15) is 5.26 Å². The van der Waals surface area contributed by atoms with Crippen LogP contribution in [-0.2, 0) is 9.53 Å². The number of anilines is 2. The third kappa shape index (κ3) is 7.22. The Morgan fingerprint density at radius 2 is 1.97 bits per heavy atom. The Bertz CT molecular complexity index is 1320. The lowest BCUT2D eigenvalue weighted by Crippen LogP contribution is -2.54. The van der Waals surface area contributed by atoms with Gasteiger partial charge in [0.15, 0.2) is 5.11 Å². The van der Waals surface area contributed by atoms with E-state index in [1.54, 1.807) is 26.0 Å². The monoisotopic (exact) mass is 560 g/mol. The van der Waals surface area contributed by atoms with Crippen LogP contribution in [0.4, 0.5) is 24.5 Å². The zero-order valence-corrected chi connectivity index (χ0v) is 23.3. The molecule has 0 aliphatic carbocycles. The van der Waals surface area contributed by atoms with Crippen molar-refractivity contribution in [3.05, 3.63) is 70.7 Å². The Morgan fingerprint density at radius 3 is 2.51 bits per heavy atom. The van der Waals surface area contributed by atoms with Crippen molar-refractivity contribution in [2.24, 2.45) is 4.99 Å². The molecule has 0 spiro atoms. The van der Waals surface area contributed by atoms with Crippen molar-refractivity contribution in [1.82, 2.24) is 0 Å². The fraction of sp³-hybridized carbons (Fsp3) is 0.357. The number of carbonyl (C=O) groups excluding carboxylic acids is 1. The number of thiocarbonyl (C=S) groups is 1. The quantitative estimate of drug-likeness (QED) is 0.169. The molecule has 0 atom stereocenters. The number of carbonyl (C=O) groups is 1. The van der Waals surface area contributed by atoms with E-state index >= 15 is 4.39 Å². The maximum absolute atomic E-state index is 15.3. The molecule has 0 aliphatic rings. The van der Waals surface area contributed by atoms with Crippen LogP contribution in [0, 0.1) is 24.1 Å². The van der Waals surface area contributed by atoms with Gasteiger partial charge in [-0.3, -0.25) is 0 Å². The summed E-state index contributed by atoms with van der Waals surface area (Å²) in [5.41, 5.74) is -0.615. The number of halogens is 3. The van der Waals surface area contributed by atoms with E-state index in [2.05, 4.69) is 11.6 Å². The number of nitriles is 1. The molecule has 11 heteroatoms. The predicted octanol–water partition coefficient (Wildman–Crippen LogP) is 5.83. The lowest BCUT2D eigenvalue weighted by Gasteiger charge is -2.40. The van der Waals surface area contributed by atoms with Crippen LogP contribution in [0.2, 0.25) is 0 Å². The summed E-state index contributed by atoms with van der Waals surface area (Å²) in [4.78, 5) is 19.3. The molecule has 39 heavy (non-hydrogen) atoms. The third-order valence-electron chi connectivity index (χ3n) is 5.94. The van der Waals surface area contributed by atoms with E-state index in [1.807, 2.05) is 6.92 Å². The van der Waals surface area contributed by atoms with E-state index in [9.17, 15) is 23.9 Å². The molecule has 1 N–H and O–H groups in total. The van der Waals surface area contributed by atoms with E-state index in [0.29, 0.717) is 18.4 Å². The molecule has 0 fully saturated rings. The van der Waals surface area contributed by atoms with E-state index < -0.39 is 23.3 Å². The molecule has 0 bridgehead atoms. The second kappa shape index (κ2) is 13.4. The molecule has 208 valence electrons. The number of aliphatic imine (C=N–C) groups is 1.